The molecule has 2 N–H and O–H groups in total. The zero-order valence-electron chi connectivity index (χ0n) is 13.5. The number of amides is 2. The van der Waals surface area contributed by atoms with Crippen LogP contribution in [0.3, 0.4) is 0 Å². The number of nitrogens with one attached hydrogen (secondary N) is 1. The molecule has 0 saturated carbocycles. The van der Waals surface area contributed by atoms with Crippen LogP contribution in [-0.2, 0) is 9.59 Å². The van der Waals surface area contributed by atoms with Gasteiger partial charge in [0.2, 0.25) is 5.89 Å². The number of aliphatic hydroxyl groups excluding tert-OH is 1. The normalized spacial score (nSPS) is 14.2. The summed E-state index contributed by atoms with van der Waals surface area (Å²) < 4.78 is 5.66. The van der Waals surface area contributed by atoms with Crippen molar-refractivity contribution in [2.75, 3.05) is 18.5 Å². The average molecular weight is 350 g/mol. The van der Waals surface area contributed by atoms with Crippen molar-refractivity contribution in [3.05, 3.63) is 54.4 Å². The van der Waals surface area contributed by atoms with Crippen molar-refractivity contribution in [1.29, 1.82) is 0 Å². The monoisotopic (exact) mass is 350 g/mol. The summed E-state index contributed by atoms with van der Waals surface area (Å²) in [5.74, 6) is -0.453. The number of fused-ring (bicyclic) bond motifs is 1. The van der Waals surface area contributed by atoms with Crippen molar-refractivity contribution in [3.8, 4) is 11.5 Å². The predicted molar refractivity (Wildman–Crippen MR) is 92.8 cm³/mol. The first-order valence-corrected chi connectivity index (χ1v) is 7.93. The molecule has 0 fully saturated rings. The van der Waals surface area contributed by atoms with E-state index in [1.807, 2.05) is 0 Å². The summed E-state index contributed by atoms with van der Waals surface area (Å²) >= 11 is 0. The number of β-amino-alcohol motifs (C(OH)–C–C–N with tert-alkyl or cyclic N) is 1. The van der Waals surface area contributed by atoms with Gasteiger partial charge in [-0.1, -0.05) is 0 Å². The van der Waals surface area contributed by atoms with Crippen molar-refractivity contribution in [2.45, 2.75) is 0 Å². The molecule has 0 saturated heterocycles. The number of nitrogens with zero attached hydrogens (tertiary/aromatic N) is 3. The Morgan fingerprint density at radius 2 is 1.96 bits per heavy atom. The van der Waals surface area contributed by atoms with Crippen molar-refractivity contribution in [1.82, 2.24) is 14.9 Å². The van der Waals surface area contributed by atoms with Crippen molar-refractivity contribution in [3.63, 3.8) is 0 Å². The van der Waals surface area contributed by atoms with E-state index in [4.69, 9.17) is 9.52 Å². The molecule has 0 aliphatic carbocycles. The summed E-state index contributed by atoms with van der Waals surface area (Å²) in [5.41, 5.74) is 2.71. The molecule has 0 unspecified atom stereocenters. The maximum atomic E-state index is 12.1. The summed E-state index contributed by atoms with van der Waals surface area (Å²) in [4.78, 5) is 33.3. The lowest BCUT2D eigenvalue weighted by atomic mass is 10.2. The van der Waals surface area contributed by atoms with E-state index in [9.17, 15) is 9.59 Å². The SMILES string of the molecule is O=C1C=C(Nc2ccc(-c3nc4ncccc4o3)cc2)C(=O)N1CCO. The molecule has 2 aromatic heterocycles. The fourth-order valence-electron chi connectivity index (χ4n) is 2.65. The first-order chi connectivity index (χ1) is 12.7. The van der Waals surface area contributed by atoms with Gasteiger partial charge in [-0.05, 0) is 36.4 Å². The second-order valence-corrected chi connectivity index (χ2v) is 5.62. The van der Waals surface area contributed by atoms with Crippen LogP contribution in [0.25, 0.3) is 22.7 Å². The number of oxazole rings is 1. The molecule has 1 aliphatic rings. The third kappa shape index (κ3) is 2.82. The van der Waals surface area contributed by atoms with E-state index in [0.29, 0.717) is 22.8 Å². The van der Waals surface area contributed by atoms with Crippen LogP contribution >= 0.6 is 0 Å². The van der Waals surface area contributed by atoms with Crippen LogP contribution in [0.15, 0.2) is 58.8 Å². The van der Waals surface area contributed by atoms with Crippen LogP contribution in [0.5, 0.6) is 0 Å². The number of carbonyl (C=O) groups excluding carboxylic acids is 2. The molecule has 3 aromatic rings. The standard InChI is InChI=1S/C18H14N4O4/c23-9-8-22-15(24)10-13(18(22)25)20-12-5-3-11(4-6-12)17-21-16-14(26-17)2-1-7-19-16/h1-7,10,20,23H,8-9H2. The summed E-state index contributed by atoms with van der Waals surface area (Å²) in [6, 6.07) is 10.7. The van der Waals surface area contributed by atoms with Gasteiger partial charge in [-0.3, -0.25) is 14.5 Å². The smallest absolute Gasteiger partial charge is 0.277 e. The summed E-state index contributed by atoms with van der Waals surface area (Å²) in [5, 5.41) is 11.8. The first-order valence-electron chi connectivity index (χ1n) is 7.93. The molecule has 26 heavy (non-hydrogen) atoms. The van der Waals surface area contributed by atoms with E-state index in [2.05, 4.69) is 15.3 Å². The Balaban J connectivity index is 1.52. The van der Waals surface area contributed by atoms with Gasteiger partial charge < -0.3 is 14.8 Å². The number of aromatic nitrogens is 2. The fourth-order valence-corrected chi connectivity index (χ4v) is 2.65. The molecule has 1 aliphatic heterocycles. The molecule has 4 rings (SSSR count). The Bertz CT molecular complexity index is 990. The van der Waals surface area contributed by atoms with Crippen LogP contribution in [0.4, 0.5) is 5.69 Å². The zero-order chi connectivity index (χ0) is 18.1. The van der Waals surface area contributed by atoms with E-state index in [0.717, 1.165) is 10.5 Å². The topological polar surface area (TPSA) is 109 Å². The average Bonchev–Trinajstić information content (AvgIpc) is 3.19. The van der Waals surface area contributed by atoms with Gasteiger partial charge in [0.25, 0.3) is 11.8 Å². The molecule has 0 spiro atoms. The quantitative estimate of drug-likeness (QED) is 0.672. The second-order valence-electron chi connectivity index (χ2n) is 5.62. The van der Waals surface area contributed by atoms with Crippen LogP contribution in [-0.4, -0.2) is 44.9 Å². The number of carbonyl (C=O) groups is 2. The maximum absolute atomic E-state index is 12.1. The summed E-state index contributed by atoms with van der Waals surface area (Å²) in [6.45, 7) is -0.295. The number of hydrogen-bond acceptors (Lipinski definition) is 7. The Morgan fingerprint density at radius 3 is 2.69 bits per heavy atom. The van der Waals surface area contributed by atoms with Crippen molar-refractivity contribution >= 4 is 28.7 Å². The molecule has 3 heterocycles. The number of pyridine rings is 1. The molecule has 2 amide bonds. The lowest BCUT2D eigenvalue weighted by Gasteiger charge is -2.13. The van der Waals surface area contributed by atoms with Crippen LogP contribution in [0.1, 0.15) is 0 Å². The Kier molecular flexibility index (Phi) is 3.94. The molecule has 0 radical (unpaired) electrons. The van der Waals surface area contributed by atoms with E-state index in [1.54, 1.807) is 42.6 Å². The molecular weight excluding hydrogens is 336 g/mol. The predicted octanol–water partition coefficient (Wildman–Crippen LogP) is 1.55. The van der Waals surface area contributed by atoms with Gasteiger partial charge in [-0.15, -0.1) is 0 Å². The van der Waals surface area contributed by atoms with Gasteiger partial charge >= 0.3 is 0 Å². The number of rotatable bonds is 5. The highest BCUT2D eigenvalue weighted by Crippen LogP contribution is 2.25. The Hall–Kier alpha value is -3.52. The minimum absolute atomic E-state index is 0.0238. The van der Waals surface area contributed by atoms with E-state index < -0.39 is 11.8 Å². The lowest BCUT2D eigenvalue weighted by Crippen LogP contribution is -2.34. The van der Waals surface area contributed by atoms with Crippen LogP contribution in [0, 0.1) is 0 Å². The minimum Gasteiger partial charge on any atom is -0.434 e. The zero-order valence-corrected chi connectivity index (χ0v) is 13.5. The van der Waals surface area contributed by atoms with E-state index >= 15 is 0 Å². The van der Waals surface area contributed by atoms with E-state index in [1.165, 1.54) is 6.08 Å². The highest BCUT2D eigenvalue weighted by molar-refractivity contribution is 6.17. The van der Waals surface area contributed by atoms with Gasteiger partial charge in [-0.25, -0.2) is 4.98 Å². The Morgan fingerprint density at radius 1 is 1.15 bits per heavy atom. The molecule has 8 heteroatoms. The van der Waals surface area contributed by atoms with E-state index in [-0.39, 0.29) is 18.8 Å². The molecular formula is C18H14N4O4. The number of imide groups is 1. The highest BCUT2D eigenvalue weighted by atomic mass is 16.3. The number of benzene rings is 1. The number of hydrogen-bond donors (Lipinski definition) is 2. The Labute approximate surface area is 147 Å². The van der Waals surface area contributed by atoms with Crippen LogP contribution < -0.4 is 5.32 Å². The molecule has 1 aromatic carbocycles. The first kappa shape index (κ1) is 16.0. The third-order valence-corrected chi connectivity index (χ3v) is 3.91. The fraction of sp³-hybridized carbons (Fsp3) is 0.111. The van der Waals surface area contributed by atoms with Crippen molar-refractivity contribution in [2.24, 2.45) is 0 Å². The van der Waals surface area contributed by atoms with Crippen LogP contribution in [0.2, 0.25) is 0 Å². The van der Waals surface area contributed by atoms with Gasteiger partial charge in [0.15, 0.2) is 11.2 Å². The van der Waals surface area contributed by atoms with Gasteiger partial charge in [0, 0.05) is 23.5 Å². The lowest BCUT2D eigenvalue weighted by molar-refractivity contribution is -0.137. The van der Waals surface area contributed by atoms with Gasteiger partial charge in [-0.2, -0.15) is 4.98 Å². The second kappa shape index (κ2) is 6.41. The molecule has 130 valence electrons. The van der Waals surface area contributed by atoms with Gasteiger partial charge in [0.05, 0.1) is 13.2 Å². The summed E-state index contributed by atoms with van der Waals surface area (Å²) in [6.07, 6.45) is 2.87. The van der Waals surface area contributed by atoms with Crippen molar-refractivity contribution < 1.29 is 19.1 Å². The summed E-state index contributed by atoms with van der Waals surface area (Å²) in [7, 11) is 0. The molecule has 0 bridgehead atoms. The molecule has 8 nitrogen and oxygen atoms in total. The molecule has 0 atom stereocenters. The maximum Gasteiger partial charge on any atom is 0.277 e. The minimum atomic E-state index is -0.460. The number of anilines is 1. The third-order valence-electron chi connectivity index (χ3n) is 3.91. The largest absolute Gasteiger partial charge is 0.434 e. The highest BCUT2D eigenvalue weighted by Gasteiger charge is 2.30. The number of aliphatic hydroxyl groups is 1. The van der Waals surface area contributed by atoms with Gasteiger partial charge in [0.1, 0.15) is 5.70 Å².